The van der Waals surface area contributed by atoms with Crippen molar-refractivity contribution in [3.8, 4) is 0 Å². The normalized spacial score (nSPS) is 21.9. The Morgan fingerprint density at radius 1 is 1.21 bits per heavy atom. The molecule has 0 radical (unpaired) electrons. The summed E-state index contributed by atoms with van der Waals surface area (Å²) < 4.78 is 40.9. The highest BCUT2D eigenvalue weighted by atomic mass is 32.2. The Hall–Kier alpha value is -2.28. The first-order valence-corrected chi connectivity index (χ1v) is 13.2. The van der Waals surface area contributed by atoms with Gasteiger partial charge >= 0.3 is 6.03 Å². The zero-order valence-corrected chi connectivity index (χ0v) is 20.5. The van der Waals surface area contributed by atoms with Crippen molar-refractivity contribution in [2.24, 2.45) is 5.92 Å². The Morgan fingerprint density at radius 2 is 1.85 bits per heavy atom. The quantitative estimate of drug-likeness (QED) is 0.385. The molecule has 3 unspecified atom stereocenters. The van der Waals surface area contributed by atoms with E-state index in [1.54, 1.807) is 17.0 Å². The maximum absolute atomic E-state index is 13.2. The van der Waals surface area contributed by atoms with Crippen LogP contribution in [0.15, 0.2) is 24.3 Å². The summed E-state index contributed by atoms with van der Waals surface area (Å²) in [6.45, 7) is 5.78. The molecule has 2 fully saturated rings. The number of carbonyl (C=O) groups is 2. The lowest BCUT2D eigenvalue weighted by molar-refractivity contribution is -0.787. The number of hydrogen-bond donors (Lipinski definition) is 2. The zero-order valence-electron chi connectivity index (χ0n) is 19.7. The van der Waals surface area contributed by atoms with Crippen LogP contribution in [-0.2, 0) is 14.8 Å². The van der Waals surface area contributed by atoms with E-state index in [0.717, 1.165) is 5.69 Å². The largest absolute Gasteiger partial charge is 0.627 e. The lowest BCUT2D eigenvalue weighted by Crippen LogP contribution is -3.12. The summed E-state index contributed by atoms with van der Waals surface area (Å²) in [7, 11) is -3.81. The number of hydroxylamine groups is 2. The Morgan fingerprint density at radius 3 is 2.44 bits per heavy atom. The molecular weight excluding hydrogens is 465 g/mol. The van der Waals surface area contributed by atoms with E-state index in [1.165, 1.54) is 16.4 Å². The average Bonchev–Trinajstić information content (AvgIpc) is 2.82. The minimum atomic E-state index is -3.81. The molecule has 1 aromatic rings. The van der Waals surface area contributed by atoms with E-state index in [0.29, 0.717) is 32.5 Å². The van der Waals surface area contributed by atoms with Gasteiger partial charge in [0.2, 0.25) is 10.0 Å². The zero-order chi connectivity index (χ0) is 24.9. The van der Waals surface area contributed by atoms with Gasteiger partial charge in [-0.2, -0.15) is 4.31 Å². The number of sulfonamides is 1. The van der Waals surface area contributed by atoms with Crippen LogP contribution in [0.5, 0.6) is 0 Å². The second-order valence-electron chi connectivity index (χ2n) is 9.22. The molecule has 2 heterocycles. The van der Waals surface area contributed by atoms with Gasteiger partial charge < -0.3 is 25.4 Å². The standard InChI is InChI=1S/C22H34FN5O5S/c1-17(2)24-22(30)26-9-3-4-18(14-26)21(28(31)16-29)15-34(32,33)27-12-10-25(11-13-27)20-7-5-19(23)6-8-20/h5-8,16-18,21,28H,3-4,9-15H2,1-2H3,(H,24,30). The van der Waals surface area contributed by atoms with Crippen molar-refractivity contribution in [2.75, 3.05) is 49.9 Å². The molecule has 2 aliphatic heterocycles. The first-order valence-electron chi connectivity index (χ1n) is 11.6. The highest BCUT2D eigenvalue weighted by Gasteiger charge is 2.39. The predicted molar refractivity (Wildman–Crippen MR) is 126 cm³/mol. The number of likely N-dealkylation sites (tertiary alicyclic amines) is 1. The molecule has 2 aliphatic rings. The summed E-state index contributed by atoms with van der Waals surface area (Å²) in [6, 6.07) is 4.75. The van der Waals surface area contributed by atoms with Crippen molar-refractivity contribution < 1.29 is 27.5 Å². The molecule has 0 aromatic heterocycles. The van der Waals surface area contributed by atoms with Gasteiger partial charge in [0, 0.05) is 56.9 Å². The number of piperazine rings is 1. The van der Waals surface area contributed by atoms with E-state index in [4.69, 9.17) is 0 Å². The fourth-order valence-corrected chi connectivity index (χ4v) is 6.43. The molecule has 3 amide bonds. The van der Waals surface area contributed by atoms with Gasteiger partial charge in [-0.05, 0) is 51.0 Å². The van der Waals surface area contributed by atoms with Crippen molar-refractivity contribution in [3.63, 3.8) is 0 Å². The molecular formula is C22H34FN5O5S. The Kier molecular flexibility index (Phi) is 8.85. The molecule has 1 aromatic carbocycles. The van der Waals surface area contributed by atoms with Crippen LogP contribution in [0.25, 0.3) is 0 Å². The summed E-state index contributed by atoms with van der Waals surface area (Å²) in [5.41, 5.74) is 0.814. The second kappa shape index (κ2) is 11.4. The molecule has 3 atom stereocenters. The SMILES string of the molecule is CC(C)NC(=O)N1CCCC(C(CS(=O)(=O)N2CCN(c3ccc(F)cc3)CC2)[NH+]([O-])C=O)C1. The number of amides is 3. The highest BCUT2D eigenvalue weighted by molar-refractivity contribution is 7.89. The maximum Gasteiger partial charge on any atom is 0.317 e. The molecule has 10 nitrogen and oxygen atoms in total. The van der Waals surface area contributed by atoms with Crippen molar-refractivity contribution >= 4 is 28.2 Å². The third-order valence-corrected chi connectivity index (χ3v) is 8.35. The summed E-state index contributed by atoms with van der Waals surface area (Å²) in [5, 5.41) is 14.6. The van der Waals surface area contributed by atoms with Gasteiger partial charge in [-0.25, -0.2) is 22.4 Å². The van der Waals surface area contributed by atoms with Crippen LogP contribution in [0.2, 0.25) is 0 Å². The van der Waals surface area contributed by atoms with Gasteiger partial charge in [0.1, 0.15) is 17.6 Å². The van der Waals surface area contributed by atoms with Crippen LogP contribution in [0, 0.1) is 16.9 Å². The van der Waals surface area contributed by atoms with E-state index >= 15 is 0 Å². The molecule has 0 saturated carbocycles. The van der Waals surface area contributed by atoms with Crippen LogP contribution < -0.4 is 15.3 Å². The Labute approximate surface area is 200 Å². The van der Waals surface area contributed by atoms with Gasteiger partial charge in [-0.3, -0.25) is 0 Å². The van der Waals surface area contributed by atoms with Crippen molar-refractivity contribution in [1.29, 1.82) is 0 Å². The monoisotopic (exact) mass is 499 g/mol. The number of halogens is 1. The molecule has 34 heavy (non-hydrogen) atoms. The van der Waals surface area contributed by atoms with Gasteiger partial charge in [0.15, 0.2) is 0 Å². The van der Waals surface area contributed by atoms with E-state index in [1.807, 2.05) is 18.7 Å². The molecule has 0 aliphatic carbocycles. The summed E-state index contributed by atoms with van der Waals surface area (Å²) in [6.07, 6.45) is 1.40. The van der Waals surface area contributed by atoms with Gasteiger partial charge in [-0.1, -0.05) is 0 Å². The van der Waals surface area contributed by atoms with Crippen LogP contribution in [0.3, 0.4) is 0 Å². The van der Waals surface area contributed by atoms with E-state index < -0.39 is 32.8 Å². The van der Waals surface area contributed by atoms with Crippen LogP contribution in [0.1, 0.15) is 26.7 Å². The molecule has 190 valence electrons. The first kappa shape index (κ1) is 26.3. The van der Waals surface area contributed by atoms with Crippen LogP contribution in [0.4, 0.5) is 14.9 Å². The van der Waals surface area contributed by atoms with Crippen LogP contribution >= 0.6 is 0 Å². The van der Waals surface area contributed by atoms with Crippen molar-refractivity contribution in [2.45, 2.75) is 38.8 Å². The predicted octanol–water partition coefficient (Wildman–Crippen LogP) is 0.0152. The topological polar surface area (TPSA) is 118 Å². The Balaban J connectivity index is 1.65. The fraction of sp³-hybridized carbons (Fsp3) is 0.636. The minimum absolute atomic E-state index is 0.0470. The number of urea groups is 1. The summed E-state index contributed by atoms with van der Waals surface area (Å²) in [5.74, 6) is -1.19. The number of anilines is 1. The fourth-order valence-electron chi connectivity index (χ4n) is 4.61. The molecule has 3 rings (SSSR count). The molecule has 2 saturated heterocycles. The lowest BCUT2D eigenvalue weighted by Gasteiger charge is -2.40. The number of carbonyl (C=O) groups excluding carboxylic acids is 2. The smallest absolute Gasteiger partial charge is 0.317 e. The average molecular weight is 500 g/mol. The van der Waals surface area contributed by atoms with Gasteiger partial charge in [0.05, 0.1) is 0 Å². The van der Waals surface area contributed by atoms with E-state index in [-0.39, 0.29) is 43.9 Å². The Bertz CT molecular complexity index is 938. The second-order valence-corrected chi connectivity index (χ2v) is 11.2. The number of quaternary nitrogens is 1. The maximum atomic E-state index is 13.2. The third kappa shape index (κ3) is 6.65. The number of benzene rings is 1. The van der Waals surface area contributed by atoms with Gasteiger partial charge in [0.25, 0.3) is 6.41 Å². The first-order chi connectivity index (χ1) is 16.1. The van der Waals surface area contributed by atoms with E-state index in [2.05, 4.69) is 5.32 Å². The number of piperidine rings is 1. The summed E-state index contributed by atoms with van der Waals surface area (Å²) in [4.78, 5) is 27.3. The van der Waals surface area contributed by atoms with E-state index in [9.17, 15) is 27.6 Å². The van der Waals surface area contributed by atoms with Crippen molar-refractivity contribution in [1.82, 2.24) is 14.5 Å². The lowest BCUT2D eigenvalue weighted by atomic mass is 9.91. The minimum Gasteiger partial charge on any atom is -0.627 e. The number of hydrogen-bond acceptors (Lipinski definition) is 6. The summed E-state index contributed by atoms with van der Waals surface area (Å²) >= 11 is 0. The third-order valence-electron chi connectivity index (χ3n) is 6.42. The number of rotatable bonds is 8. The molecule has 12 heteroatoms. The molecule has 0 bridgehead atoms. The number of nitrogens with one attached hydrogen (secondary N) is 2. The molecule has 0 spiro atoms. The van der Waals surface area contributed by atoms with Gasteiger partial charge in [-0.15, -0.1) is 0 Å². The molecule has 2 N–H and O–H groups in total. The van der Waals surface area contributed by atoms with Crippen LogP contribution in [-0.4, -0.2) is 87.2 Å². The number of nitrogens with zero attached hydrogens (tertiary/aromatic N) is 3. The van der Waals surface area contributed by atoms with Crippen molar-refractivity contribution in [3.05, 3.63) is 35.3 Å². The highest BCUT2D eigenvalue weighted by Crippen LogP contribution is 2.22.